The number of piperidine rings is 1. The van der Waals surface area contributed by atoms with E-state index in [1.54, 1.807) is 16.7 Å². The molecular formula is C63H95N. The van der Waals surface area contributed by atoms with Gasteiger partial charge in [-0.3, -0.25) is 4.90 Å². The number of nitrogens with zero attached hydrogens (tertiary/aromatic N) is 1. The van der Waals surface area contributed by atoms with Gasteiger partial charge in [-0.15, -0.1) is 19.6 Å². The number of benzene rings is 1. The average molecular weight is 866 g/mol. The number of hydrogen-bond donors (Lipinski definition) is 0. The van der Waals surface area contributed by atoms with Gasteiger partial charge in [0.25, 0.3) is 0 Å². The van der Waals surface area contributed by atoms with Crippen molar-refractivity contribution in [1.29, 1.82) is 0 Å². The summed E-state index contributed by atoms with van der Waals surface area (Å²) in [5.41, 5.74) is 17.1. The third-order valence-corrected chi connectivity index (χ3v) is 12.7. The van der Waals surface area contributed by atoms with Gasteiger partial charge < -0.3 is 0 Å². The highest BCUT2D eigenvalue weighted by Crippen LogP contribution is 2.31. The molecule has 3 aliphatic carbocycles. The second-order valence-corrected chi connectivity index (χ2v) is 18.3. The minimum Gasteiger partial charge on any atom is -0.299 e. The largest absolute Gasteiger partial charge is 0.299 e. The Bertz CT molecular complexity index is 1840. The molecule has 1 fully saturated rings. The zero-order chi connectivity index (χ0) is 47.7. The molecule has 0 spiro atoms. The molecule has 1 aliphatic heterocycles. The van der Waals surface area contributed by atoms with Gasteiger partial charge in [0.2, 0.25) is 0 Å². The minimum absolute atomic E-state index is 0.867. The molecule has 1 nitrogen and oxygen atoms in total. The third kappa shape index (κ3) is 23.7. The first-order valence-electron chi connectivity index (χ1n) is 25.6. The number of rotatable bonds is 16. The van der Waals surface area contributed by atoms with Gasteiger partial charge in [-0.05, 0) is 200 Å². The summed E-state index contributed by atoms with van der Waals surface area (Å²) in [4.78, 5) is 2.65. The summed E-state index contributed by atoms with van der Waals surface area (Å²) < 4.78 is 0. The van der Waals surface area contributed by atoms with Crippen LogP contribution in [0.15, 0.2) is 148 Å². The van der Waals surface area contributed by atoms with Crippen molar-refractivity contribution in [1.82, 2.24) is 4.90 Å². The van der Waals surface area contributed by atoms with Crippen LogP contribution in [0.1, 0.15) is 191 Å². The Morgan fingerprint density at radius 3 is 2.03 bits per heavy atom. The SMILES string of the molecule is C#C/C=C(CCC)/C(C)=C(C)/C=C\C.C=C(C)CC(CC)CCC.C=C(C)CC1CCN(CC2=CC=C(c3ccc(CC)cc3)CC2)CC1.CC.CC1=C(C2=CC=CCC2)CCC=C1. The third-order valence-electron chi connectivity index (χ3n) is 12.7. The van der Waals surface area contributed by atoms with E-state index in [4.69, 9.17) is 6.42 Å². The molecule has 1 heterocycles. The summed E-state index contributed by atoms with van der Waals surface area (Å²) in [5.74, 6) is 4.37. The number of likely N-dealkylation sites (tertiary alicyclic amines) is 1. The molecule has 1 heteroatoms. The van der Waals surface area contributed by atoms with E-state index in [1.165, 1.54) is 153 Å². The second kappa shape index (κ2) is 35.2. The van der Waals surface area contributed by atoms with Gasteiger partial charge in [-0.1, -0.05) is 169 Å². The van der Waals surface area contributed by atoms with Crippen molar-refractivity contribution in [2.75, 3.05) is 19.6 Å². The molecule has 0 aromatic heterocycles. The molecule has 0 amide bonds. The molecule has 0 bridgehead atoms. The molecular weight excluding hydrogens is 771 g/mol. The zero-order valence-electron chi connectivity index (χ0n) is 43.6. The standard InChI is InChI=1S/C24H33N.C14H20.C13H16.C10H20.C2H6/c1-4-20-5-9-23(10-6-20)24-11-7-22(8-12-24)18-25-15-13-21(14-16-25)17-19(2)3;1-6-9-12(4)13(5)14(10-7-2)11-8-3;1-11-7-5-6-10-13(11)12-8-3-2-4-9-12;1-5-7-10(6-2)8-9(3)4;1-2/h5-7,9-11,21H,2,4,8,12-18H2,1,3H3;2,6,9-10H,8,11H2,1,3-5H3;2-3,5,7-8H,4,6,9-10H2,1H3;10H,3,5-8H2,1-2,4H3;1-2H3/b;9-6-,13-12+,14-10+;;;. The Morgan fingerprint density at radius 1 is 0.844 bits per heavy atom. The summed E-state index contributed by atoms with van der Waals surface area (Å²) in [6.07, 6.45) is 47.1. The highest BCUT2D eigenvalue weighted by molar-refractivity contribution is 5.69. The molecule has 4 aliphatic rings. The van der Waals surface area contributed by atoms with Gasteiger partial charge in [0, 0.05) is 6.54 Å². The van der Waals surface area contributed by atoms with Crippen LogP contribution in [0.2, 0.25) is 0 Å². The summed E-state index contributed by atoms with van der Waals surface area (Å²) in [7, 11) is 0. The lowest BCUT2D eigenvalue weighted by atomic mass is 9.88. The van der Waals surface area contributed by atoms with Gasteiger partial charge in [0.05, 0.1) is 0 Å². The van der Waals surface area contributed by atoms with E-state index >= 15 is 0 Å². The molecule has 352 valence electrons. The molecule has 1 atom stereocenters. The zero-order valence-corrected chi connectivity index (χ0v) is 43.6. The maximum Gasteiger partial charge on any atom is 0.0196 e. The smallest absolute Gasteiger partial charge is 0.0196 e. The van der Waals surface area contributed by atoms with E-state index in [0.29, 0.717) is 0 Å². The lowest BCUT2D eigenvalue weighted by Gasteiger charge is -2.33. The molecule has 5 rings (SSSR count). The Balaban J connectivity index is 0.000000451. The van der Waals surface area contributed by atoms with Crippen LogP contribution in [0.25, 0.3) is 5.57 Å². The average Bonchev–Trinajstić information content (AvgIpc) is 3.31. The van der Waals surface area contributed by atoms with Crippen LogP contribution in [0.4, 0.5) is 0 Å². The Kier molecular flexibility index (Phi) is 31.8. The van der Waals surface area contributed by atoms with Crippen molar-refractivity contribution in [3.05, 3.63) is 159 Å². The summed E-state index contributed by atoms with van der Waals surface area (Å²) in [6, 6.07) is 9.11. The van der Waals surface area contributed by atoms with Crippen LogP contribution < -0.4 is 0 Å². The molecule has 1 aromatic carbocycles. The van der Waals surface area contributed by atoms with E-state index in [9.17, 15) is 0 Å². The molecule has 1 saturated heterocycles. The molecule has 0 saturated carbocycles. The van der Waals surface area contributed by atoms with Crippen LogP contribution >= 0.6 is 0 Å². The summed E-state index contributed by atoms with van der Waals surface area (Å²) >= 11 is 0. The molecule has 1 unspecified atom stereocenters. The summed E-state index contributed by atoms with van der Waals surface area (Å²) in [5, 5.41) is 0. The molecule has 1 aromatic rings. The van der Waals surface area contributed by atoms with E-state index in [1.807, 2.05) is 26.8 Å². The van der Waals surface area contributed by atoms with Gasteiger partial charge in [0.1, 0.15) is 0 Å². The minimum atomic E-state index is 0.867. The van der Waals surface area contributed by atoms with Crippen molar-refractivity contribution < 1.29 is 0 Å². The maximum absolute atomic E-state index is 5.30. The predicted octanol–water partition coefficient (Wildman–Crippen LogP) is 19.0. The van der Waals surface area contributed by atoms with Crippen LogP contribution in [-0.4, -0.2) is 24.5 Å². The predicted molar refractivity (Wildman–Crippen MR) is 292 cm³/mol. The number of hydrogen-bond acceptors (Lipinski definition) is 1. The van der Waals surface area contributed by atoms with Crippen molar-refractivity contribution in [2.24, 2.45) is 11.8 Å². The number of allylic oxidation sites excluding steroid dienone is 19. The monoisotopic (exact) mass is 866 g/mol. The molecule has 0 N–H and O–H groups in total. The van der Waals surface area contributed by atoms with Crippen molar-refractivity contribution in [3.8, 4) is 12.3 Å². The highest BCUT2D eigenvalue weighted by Gasteiger charge is 2.20. The Hall–Kier alpha value is -4.12. The van der Waals surface area contributed by atoms with Crippen molar-refractivity contribution >= 4 is 5.57 Å². The van der Waals surface area contributed by atoms with Crippen LogP contribution in [0, 0.1) is 24.2 Å². The highest BCUT2D eigenvalue weighted by atomic mass is 15.1. The van der Waals surface area contributed by atoms with Crippen molar-refractivity contribution in [2.45, 2.75) is 186 Å². The lowest BCUT2D eigenvalue weighted by Crippen LogP contribution is -2.35. The fraction of sp³-hybridized carbons (Fsp3) is 0.524. The van der Waals surface area contributed by atoms with Crippen molar-refractivity contribution in [3.63, 3.8) is 0 Å². The fourth-order valence-electron chi connectivity index (χ4n) is 8.91. The van der Waals surface area contributed by atoms with Gasteiger partial charge in [-0.25, -0.2) is 0 Å². The second-order valence-electron chi connectivity index (χ2n) is 18.3. The first kappa shape index (κ1) is 57.9. The normalized spacial score (nSPS) is 17.3. The lowest BCUT2D eigenvalue weighted by molar-refractivity contribution is 0.195. The van der Waals surface area contributed by atoms with Crippen LogP contribution in [-0.2, 0) is 6.42 Å². The Morgan fingerprint density at radius 2 is 1.53 bits per heavy atom. The van der Waals surface area contributed by atoms with E-state index < -0.39 is 0 Å². The molecule has 0 radical (unpaired) electrons. The topological polar surface area (TPSA) is 3.24 Å². The van der Waals surface area contributed by atoms with Gasteiger partial charge >= 0.3 is 0 Å². The van der Waals surface area contributed by atoms with E-state index in [0.717, 1.165) is 31.1 Å². The Labute approximate surface area is 397 Å². The fourth-order valence-corrected chi connectivity index (χ4v) is 8.91. The summed E-state index contributed by atoms with van der Waals surface area (Å²) in [6.45, 7) is 37.4. The maximum atomic E-state index is 5.30. The quantitative estimate of drug-likeness (QED) is 0.0909. The van der Waals surface area contributed by atoms with E-state index in [2.05, 4.69) is 165 Å². The van der Waals surface area contributed by atoms with Crippen LogP contribution in [0.3, 0.4) is 0 Å². The first-order valence-corrected chi connectivity index (χ1v) is 25.6. The first-order chi connectivity index (χ1) is 30.9. The van der Waals surface area contributed by atoms with Gasteiger partial charge in [0.15, 0.2) is 0 Å². The van der Waals surface area contributed by atoms with Crippen LogP contribution in [0.5, 0.6) is 0 Å². The number of terminal acetylenes is 1. The molecule has 64 heavy (non-hydrogen) atoms. The van der Waals surface area contributed by atoms with E-state index in [-0.39, 0.29) is 0 Å². The van der Waals surface area contributed by atoms with Gasteiger partial charge in [-0.2, -0.15) is 0 Å². The number of aryl methyl sites for hydroxylation is 1.